The van der Waals surface area contributed by atoms with Crippen LogP contribution in [0.1, 0.15) is 18.2 Å². The smallest absolute Gasteiger partial charge is 0.0569 e. The molecule has 1 aliphatic rings. The van der Waals surface area contributed by atoms with Crippen LogP contribution in [0.3, 0.4) is 0 Å². The zero-order valence-corrected chi connectivity index (χ0v) is 9.76. The van der Waals surface area contributed by atoms with E-state index in [-0.39, 0.29) is 6.61 Å². The summed E-state index contributed by atoms with van der Waals surface area (Å²) in [5.41, 5.74) is 8.05. The van der Waals surface area contributed by atoms with Crippen molar-refractivity contribution in [2.45, 2.75) is 26.6 Å². The number of aliphatic hydroxyl groups excluding tert-OH is 1. The van der Waals surface area contributed by atoms with E-state index in [0.717, 1.165) is 31.7 Å². The molecule has 5 heteroatoms. The molecule has 1 aromatic heterocycles. The van der Waals surface area contributed by atoms with Crippen LogP contribution in [-0.4, -0.2) is 39.5 Å². The van der Waals surface area contributed by atoms with Crippen molar-refractivity contribution in [1.82, 2.24) is 14.7 Å². The number of fused-ring (bicyclic) bond motifs is 1. The molecule has 1 aliphatic heterocycles. The second kappa shape index (κ2) is 4.95. The maximum Gasteiger partial charge on any atom is 0.0569 e. The largest absolute Gasteiger partial charge is 0.396 e. The van der Waals surface area contributed by atoms with Crippen molar-refractivity contribution in [3.05, 3.63) is 17.5 Å². The van der Waals surface area contributed by atoms with E-state index in [1.54, 1.807) is 0 Å². The van der Waals surface area contributed by atoms with Crippen LogP contribution in [0.25, 0.3) is 0 Å². The van der Waals surface area contributed by atoms with Crippen molar-refractivity contribution in [2.24, 2.45) is 11.7 Å². The third kappa shape index (κ3) is 2.26. The van der Waals surface area contributed by atoms with Gasteiger partial charge in [-0.05, 0) is 5.92 Å². The van der Waals surface area contributed by atoms with Crippen molar-refractivity contribution < 1.29 is 5.11 Å². The molecule has 0 aliphatic carbocycles. The second-order valence-corrected chi connectivity index (χ2v) is 4.57. The van der Waals surface area contributed by atoms with Crippen LogP contribution < -0.4 is 5.73 Å². The van der Waals surface area contributed by atoms with E-state index in [4.69, 9.17) is 10.8 Å². The Morgan fingerprint density at radius 2 is 2.38 bits per heavy atom. The third-order valence-corrected chi connectivity index (χ3v) is 3.14. The molecular formula is C11H20N4O. The highest BCUT2D eigenvalue weighted by Crippen LogP contribution is 2.16. The first-order valence-corrected chi connectivity index (χ1v) is 5.81. The molecule has 2 heterocycles. The van der Waals surface area contributed by atoms with Crippen LogP contribution in [0.4, 0.5) is 0 Å². The van der Waals surface area contributed by atoms with Gasteiger partial charge in [-0.3, -0.25) is 9.58 Å². The average molecular weight is 224 g/mol. The van der Waals surface area contributed by atoms with Crippen molar-refractivity contribution in [3.8, 4) is 0 Å². The first-order chi connectivity index (χ1) is 7.74. The second-order valence-electron chi connectivity index (χ2n) is 4.57. The summed E-state index contributed by atoms with van der Waals surface area (Å²) >= 11 is 0. The highest BCUT2D eigenvalue weighted by molar-refractivity contribution is 5.18. The summed E-state index contributed by atoms with van der Waals surface area (Å²) < 4.78 is 2.04. The Balaban J connectivity index is 2.04. The minimum Gasteiger partial charge on any atom is -0.396 e. The van der Waals surface area contributed by atoms with Gasteiger partial charge in [-0.1, -0.05) is 6.92 Å². The van der Waals surface area contributed by atoms with Gasteiger partial charge in [0.25, 0.3) is 0 Å². The van der Waals surface area contributed by atoms with Gasteiger partial charge in [-0.15, -0.1) is 0 Å². The summed E-state index contributed by atoms with van der Waals surface area (Å²) in [7, 11) is 0. The normalized spacial score (nSPS) is 18.4. The molecule has 0 radical (unpaired) electrons. The minimum atomic E-state index is 0.250. The summed E-state index contributed by atoms with van der Waals surface area (Å²) in [6, 6.07) is 0. The van der Waals surface area contributed by atoms with Crippen molar-refractivity contribution in [3.63, 3.8) is 0 Å². The Labute approximate surface area is 95.8 Å². The quantitative estimate of drug-likeness (QED) is 0.742. The maximum absolute atomic E-state index is 9.06. The molecule has 2 rings (SSSR count). The van der Waals surface area contributed by atoms with E-state index in [1.807, 2.05) is 10.9 Å². The fourth-order valence-electron chi connectivity index (χ4n) is 2.18. The number of hydrogen-bond acceptors (Lipinski definition) is 4. The number of nitrogens with two attached hydrogens (primary N) is 1. The number of aliphatic hydroxyl groups is 1. The van der Waals surface area contributed by atoms with Crippen LogP contribution in [0.2, 0.25) is 0 Å². The summed E-state index contributed by atoms with van der Waals surface area (Å²) in [5, 5.41) is 13.4. The molecule has 1 unspecified atom stereocenters. The zero-order chi connectivity index (χ0) is 11.5. The first-order valence-electron chi connectivity index (χ1n) is 5.81. The molecule has 90 valence electrons. The molecule has 0 fully saturated rings. The van der Waals surface area contributed by atoms with Crippen LogP contribution in [0.15, 0.2) is 6.20 Å². The van der Waals surface area contributed by atoms with Gasteiger partial charge in [-0.25, -0.2) is 0 Å². The van der Waals surface area contributed by atoms with Crippen LogP contribution in [0.5, 0.6) is 0 Å². The molecule has 5 nitrogen and oxygen atoms in total. The molecular weight excluding hydrogens is 204 g/mol. The minimum absolute atomic E-state index is 0.250. The number of nitrogens with zero attached hydrogens (tertiary/aromatic N) is 3. The topological polar surface area (TPSA) is 67.3 Å². The van der Waals surface area contributed by atoms with Gasteiger partial charge in [0.05, 0.1) is 18.4 Å². The fraction of sp³-hybridized carbons (Fsp3) is 0.727. The molecule has 0 spiro atoms. The summed E-state index contributed by atoms with van der Waals surface area (Å²) in [4.78, 5) is 2.36. The summed E-state index contributed by atoms with van der Waals surface area (Å²) in [6.45, 7) is 6.63. The lowest BCUT2D eigenvalue weighted by atomic mass is 10.1. The Bertz CT molecular complexity index is 336. The Hall–Kier alpha value is -0.910. The summed E-state index contributed by atoms with van der Waals surface area (Å²) in [5.74, 6) is 0.329. The molecule has 0 saturated heterocycles. The van der Waals surface area contributed by atoms with E-state index in [2.05, 4.69) is 16.9 Å². The monoisotopic (exact) mass is 224 g/mol. The molecule has 0 aromatic carbocycles. The van der Waals surface area contributed by atoms with Crippen molar-refractivity contribution >= 4 is 0 Å². The first kappa shape index (κ1) is 11.6. The average Bonchev–Trinajstić information content (AvgIpc) is 2.71. The van der Waals surface area contributed by atoms with Gasteiger partial charge in [0.15, 0.2) is 0 Å². The summed E-state index contributed by atoms with van der Waals surface area (Å²) in [6.07, 6.45) is 1.87. The Morgan fingerprint density at radius 1 is 1.56 bits per heavy atom. The van der Waals surface area contributed by atoms with Crippen LogP contribution in [0, 0.1) is 5.92 Å². The van der Waals surface area contributed by atoms with Gasteiger partial charge in [0.2, 0.25) is 0 Å². The van der Waals surface area contributed by atoms with E-state index in [9.17, 15) is 0 Å². The lowest BCUT2D eigenvalue weighted by molar-refractivity contribution is 0.147. The van der Waals surface area contributed by atoms with E-state index >= 15 is 0 Å². The molecule has 16 heavy (non-hydrogen) atoms. The van der Waals surface area contributed by atoms with Crippen LogP contribution >= 0.6 is 0 Å². The molecule has 0 saturated carbocycles. The van der Waals surface area contributed by atoms with Gasteiger partial charge >= 0.3 is 0 Å². The van der Waals surface area contributed by atoms with Crippen molar-refractivity contribution in [2.75, 3.05) is 19.7 Å². The Kier molecular flexibility index (Phi) is 3.58. The van der Waals surface area contributed by atoms with Crippen molar-refractivity contribution in [1.29, 1.82) is 0 Å². The van der Waals surface area contributed by atoms with E-state index < -0.39 is 0 Å². The van der Waals surface area contributed by atoms with Gasteiger partial charge < -0.3 is 10.8 Å². The third-order valence-electron chi connectivity index (χ3n) is 3.14. The number of hydrogen-bond donors (Lipinski definition) is 2. The van der Waals surface area contributed by atoms with Gasteiger partial charge in [0.1, 0.15) is 0 Å². The number of aromatic nitrogens is 2. The Morgan fingerprint density at radius 3 is 3.06 bits per heavy atom. The molecule has 0 bridgehead atoms. The highest BCUT2D eigenvalue weighted by atomic mass is 16.3. The van der Waals surface area contributed by atoms with Gasteiger partial charge in [-0.2, -0.15) is 5.10 Å². The maximum atomic E-state index is 9.06. The lowest BCUT2D eigenvalue weighted by Crippen LogP contribution is -2.37. The lowest BCUT2D eigenvalue weighted by Gasteiger charge is -2.29. The predicted octanol–water partition coefficient (Wildman–Crippen LogP) is -0.214. The molecule has 1 aromatic rings. The zero-order valence-electron chi connectivity index (χ0n) is 9.76. The number of rotatable bonds is 4. The van der Waals surface area contributed by atoms with E-state index in [0.29, 0.717) is 12.5 Å². The highest BCUT2D eigenvalue weighted by Gasteiger charge is 2.20. The predicted molar refractivity (Wildman–Crippen MR) is 61.6 cm³/mol. The standard InChI is InChI=1S/C11H20N4O/c1-9(8-16)6-14-2-3-15-11(7-14)10(4-12)5-13-15/h5,9,16H,2-4,6-8,12H2,1H3. The molecule has 3 N–H and O–H groups in total. The molecule has 1 atom stereocenters. The molecule has 0 amide bonds. The SMILES string of the molecule is CC(CO)CN1CCn2ncc(CN)c2C1. The fourth-order valence-corrected chi connectivity index (χ4v) is 2.18. The van der Waals surface area contributed by atoms with Crippen LogP contribution in [-0.2, 0) is 19.6 Å². The van der Waals surface area contributed by atoms with E-state index in [1.165, 1.54) is 5.69 Å². The van der Waals surface area contributed by atoms with Gasteiger partial charge in [0, 0.05) is 38.3 Å².